The van der Waals surface area contributed by atoms with Crippen molar-refractivity contribution in [2.45, 2.75) is 38.3 Å². The second-order valence-electron chi connectivity index (χ2n) is 9.16. The lowest BCUT2D eigenvalue weighted by Crippen LogP contribution is -2.42. The van der Waals surface area contributed by atoms with Crippen LogP contribution in [0.4, 0.5) is 5.69 Å². The number of methoxy groups -OCH3 is 1. The molecule has 2 aromatic carbocycles. The third-order valence-electron chi connectivity index (χ3n) is 6.62. The summed E-state index contributed by atoms with van der Waals surface area (Å²) in [5.74, 6) is -2.32. The summed E-state index contributed by atoms with van der Waals surface area (Å²) in [6.45, 7) is 3.82. The number of nitro benzene ring substituents is 1. The second-order valence-corrected chi connectivity index (χ2v) is 9.16. The van der Waals surface area contributed by atoms with Gasteiger partial charge in [0.25, 0.3) is 5.69 Å². The van der Waals surface area contributed by atoms with Crippen LogP contribution >= 0.6 is 0 Å². The Morgan fingerprint density at radius 1 is 1.14 bits per heavy atom. The number of hydrogen-bond donors (Lipinski definition) is 2. The number of carbonyl (C=O) groups excluding carboxylic acids is 2. The third kappa shape index (κ3) is 5.80. The van der Waals surface area contributed by atoms with E-state index in [2.05, 4.69) is 22.3 Å². The van der Waals surface area contributed by atoms with Gasteiger partial charge in [-0.3, -0.25) is 15.0 Å². The molecule has 10 nitrogen and oxygen atoms in total. The van der Waals surface area contributed by atoms with Gasteiger partial charge in [-0.2, -0.15) is 0 Å². The molecule has 2 heterocycles. The van der Waals surface area contributed by atoms with Crippen molar-refractivity contribution in [3.8, 4) is 0 Å². The van der Waals surface area contributed by atoms with Crippen LogP contribution in [0.2, 0.25) is 0 Å². The Bertz CT molecular complexity index is 1260. The molecule has 0 aliphatic carbocycles. The summed E-state index contributed by atoms with van der Waals surface area (Å²) < 4.78 is 10.9. The number of allylic oxidation sites excluding steroid dienone is 1. The standard InChI is InChI=1S/C27H30N4O6/c1-17-22(26(32)36-2)23(19-10-6-11-20(14-19)31(34)35)24(25(28)29-17)27(33)37-21-12-7-13-30(16-21)15-18-8-4-3-5-9-18/h3-6,8-11,14,21,23,29H,7,12-13,15-16,28H2,1-2H3. The molecule has 2 aliphatic heterocycles. The zero-order valence-electron chi connectivity index (χ0n) is 20.8. The number of nitro groups is 1. The first-order valence-corrected chi connectivity index (χ1v) is 12.1. The number of rotatable bonds is 7. The summed E-state index contributed by atoms with van der Waals surface area (Å²) in [6.07, 6.45) is 1.18. The van der Waals surface area contributed by atoms with Gasteiger partial charge in [0.2, 0.25) is 0 Å². The summed E-state index contributed by atoms with van der Waals surface area (Å²) in [5.41, 5.74) is 8.18. The molecule has 0 aromatic heterocycles. The fraction of sp³-hybridized carbons (Fsp3) is 0.333. The lowest BCUT2D eigenvalue weighted by Gasteiger charge is -2.34. The number of likely N-dealkylation sites (tertiary alicyclic amines) is 1. The predicted molar refractivity (Wildman–Crippen MR) is 136 cm³/mol. The molecule has 2 aliphatic rings. The molecule has 2 aromatic rings. The van der Waals surface area contributed by atoms with Gasteiger partial charge in [0.15, 0.2) is 0 Å². The topological polar surface area (TPSA) is 137 Å². The average Bonchev–Trinajstić information content (AvgIpc) is 2.88. The molecular weight excluding hydrogens is 476 g/mol. The van der Waals surface area contributed by atoms with Crippen molar-refractivity contribution in [3.63, 3.8) is 0 Å². The zero-order chi connectivity index (χ0) is 26.5. The van der Waals surface area contributed by atoms with Crippen LogP contribution in [0.15, 0.2) is 77.3 Å². The molecule has 10 heteroatoms. The lowest BCUT2D eigenvalue weighted by atomic mass is 9.81. The van der Waals surface area contributed by atoms with E-state index in [0.717, 1.165) is 19.5 Å². The highest BCUT2D eigenvalue weighted by atomic mass is 16.6. The number of nitrogens with zero attached hydrogens (tertiary/aromatic N) is 2. The fourth-order valence-corrected chi connectivity index (χ4v) is 4.92. The van der Waals surface area contributed by atoms with Crippen LogP contribution in [-0.2, 0) is 25.6 Å². The first kappa shape index (κ1) is 25.9. The normalized spacial score (nSPS) is 20.3. The van der Waals surface area contributed by atoms with Gasteiger partial charge < -0.3 is 20.5 Å². The number of dihydropyridines is 1. The molecule has 3 N–H and O–H groups in total. The van der Waals surface area contributed by atoms with Gasteiger partial charge in [-0.05, 0) is 37.4 Å². The van der Waals surface area contributed by atoms with E-state index in [-0.39, 0.29) is 28.8 Å². The van der Waals surface area contributed by atoms with Crippen LogP contribution in [0.5, 0.6) is 0 Å². The number of benzene rings is 2. The molecule has 2 unspecified atom stereocenters. The van der Waals surface area contributed by atoms with Crippen LogP contribution in [0.1, 0.15) is 36.8 Å². The summed E-state index contributed by atoms with van der Waals surface area (Å²) >= 11 is 0. The Hall–Kier alpha value is -4.18. The highest BCUT2D eigenvalue weighted by Gasteiger charge is 2.40. The van der Waals surface area contributed by atoms with Crippen molar-refractivity contribution in [2.24, 2.45) is 5.73 Å². The van der Waals surface area contributed by atoms with Crippen molar-refractivity contribution in [3.05, 3.63) is 98.5 Å². The maximum Gasteiger partial charge on any atom is 0.338 e. The number of carbonyl (C=O) groups is 2. The van der Waals surface area contributed by atoms with Gasteiger partial charge in [0, 0.05) is 30.9 Å². The Kier molecular flexibility index (Phi) is 7.88. The van der Waals surface area contributed by atoms with Crippen LogP contribution in [0, 0.1) is 10.1 Å². The molecule has 0 bridgehead atoms. The smallest absolute Gasteiger partial charge is 0.338 e. The van der Waals surface area contributed by atoms with E-state index in [0.29, 0.717) is 24.2 Å². The van der Waals surface area contributed by atoms with E-state index in [1.165, 1.54) is 30.9 Å². The van der Waals surface area contributed by atoms with Crippen molar-refractivity contribution in [1.29, 1.82) is 0 Å². The lowest BCUT2D eigenvalue weighted by molar-refractivity contribution is -0.384. The number of esters is 2. The van der Waals surface area contributed by atoms with Crippen LogP contribution in [0.25, 0.3) is 0 Å². The van der Waals surface area contributed by atoms with E-state index < -0.39 is 22.8 Å². The summed E-state index contributed by atoms with van der Waals surface area (Å²) in [4.78, 5) is 39.5. The third-order valence-corrected chi connectivity index (χ3v) is 6.62. The van der Waals surface area contributed by atoms with E-state index in [4.69, 9.17) is 15.2 Å². The van der Waals surface area contributed by atoms with Gasteiger partial charge in [0.05, 0.1) is 29.1 Å². The number of nitrogens with one attached hydrogen (secondary N) is 1. The molecule has 0 radical (unpaired) electrons. The van der Waals surface area contributed by atoms with Crippen LogP contribution in [0.3, 0.4) is 0 Å². The van der Waals surface area contributed by atoms with E-state index in [1.807, 2.05) is 18.2 Å². The SMILES string of the molecule is COC(=O)C1=C(C)NC(N)=C(C(=O)OC2CCCN(Cc3ccccc3)C2)C1c1cccc([N+](=O)[O-])c1. The minimum atomic E-state index is -0.995. The van der Waals surface area contributed by atoms with Gasteiger partial charge in [0.1, 0.15) is 11.9 Å². The monoisotopic (exact) mass is 506 g/mol. The number of hydrogen-bond acceptors (Lipinski definition) is 9. The molecule has 0 amide bonds. The van der Waals surface area contributed by atoms with E-state index in [9.17, 15) is 19.7 Å². The largest absolute Gasteiger partial charge is 0.466 e. The minimum absolute atomic E-state index is 0.0201. The fourth-order valence-electron chi connectivity index (χ4n) is 4.92. The maximum absolute atomic E-state index is 13.6. The van der Waals surface area contributed by atoms with Crippen molar-refractivity contribution in [1.82, 2.24) is 10.2 Å². The first-order chi connectivity index (χ1) is 17.8. The molecule has 194 valence electrons. The van der Waals surface area contributed by atoms with Crippen LogP contribution < -0.4 is 11.1 Å². The Morgan fingerprint density at radius 2 is 1.89 bits per heavy atom. The zero-order valence-corrected chi connectivity index (χ0v) is 20.8. The molecule has 0 saturated carbocycles. The summed E-state index contributed by atoms with van der Waals surface area (Å²) in [7, 11) is 1.23. The van der Waals surface area contributed by atoms with Gasteiger partial charge in [-0.1, -0.05) is 42.5 Å². The molecule has 0 spiro atoms. The van der Waals surface area contributed by atoms with E-state index in [1.54, 1.807) is 13.0 Å². The summed E-state index contributed by atoms with van der Waals surface area (Å²) in [5, 5.41) is 14.3. The molecule has 1 fully saturated rings. The molecule has 4 rings (SSSR count). The molecule has 1 saturated heterocycles. The van der Waals surface area contributed by atoms with Crippen molar-refractivity contribution < 1.29 is 24.0 Å². The highest BCUT2D eigenvalue weighted by molar-refractivity contribution is 5.99. The van der Waals surface area contributed by atoms with Gasteiger partial charge >= 0.3 is 11.9 Å². The van der Waals surface area contributed by atoms with Crippen molar-refractivity contribution in [2.75, 3.05) is 20.2 Å². The second kappa shape index (κ2) is 11.3. The Balaban J connectivity index is 1.61. The Morgan fingerprint density at radius 3 is 2.59 bits per heavy atom. The van der Waals surface area contributed by atoms with Gasteiger partial charge in [-0.25, -0.2) is 9.59 Å². The quantitative estimate of drug-likeness (QED) is 0.330. The average molecular weight is 507 g/mol. The summed E-state index contributed by atoms with van der Waals surface area (Å²) in [6, 6.07) is 15.8. The van der Waals surface area contributed by atoms with Gasteiger partial charge in [-0.15, -0.1) is 0 Å². The molecular formula is C27H30N4O6. The predicted octanol–water partition coefficient (Wildman–Crippen LogP) is 3.11. The minimum Gasteiger partial charge on any atom is -0.466 e. The van der Waals surface area contributed by atoms with Crippen LogP contribution in [-0.4, -0.2) is 48.1 Å². The molecule has 37 heavy (non-hydrogen) atoms. The first-order valence-electron chi connectivity index (χ1n) is 12.1. The molecule has 2 atom stereocenters. The number of nitrogens with two attached hydrogens (primary N) is 1. The van der Waals surface area contributed by atoms with E-state index >= 15 is 0 Å². The highest BCUT2D eigenvalue weighted by Crippen LogP contribution is 2.39. The maximum atomic E-state index is 13.6. The van der Waals surface area contributed by atoms with Crippen molar-refractivity contribution >= 4 is 17.6 Å². The number of non-ortho nitro benzene ring substituents is 1. The Labute approximate surface area is 214 Å². The number of piperidine rings is 1. The number of ether oxygens (including phenoxy) is 2.